The lowest BCUT2D eigenvalue weighted by atomic mass is 10.0. The van der Waals surface area contributed by atoms with Gasteiger partial charge in [-0.3, -0.25) is 0 Å². The van der Waals surface area contributed by atoms with Gasteiger partial charge in [0.05, 0.1) is 6.61 Å². The molecule has 1 aromatic carbocycles. The van der Waals surface area contributed by atoms with Gasteiger partial charge in [0.1, 0.15) is 17.3 Å². The van der Waals surface area contributed by atoms with Gasteiger partial charge in [-0.25, -0.2) is 8.78 Å². The standard InChI is InChI=1S/C16H24F2N2O/c1-3-13(19)6-12-7-14(17)16(15(18)8-12)20-5-4-11(9-20)10-21-2/h7-8,11,13H,3-6,9-10,19H2,1-2H3. The molecule has 1 aromatic rings. The summed E-state index contributed by atoms with van der Waals surface area (Å²) in [5.74, 6) is -0.653. The minimum atomic E-state index is -0.494. The Morgan fingerprint density at radius 3 is 2.62 bits per heavy atom. The predicted molar refractivity (Wildman–Crippen MR) is 80.5 cm³/mol. The Kier molecular flexibility index (Phi) is 5.53. The predicted octanol–water partition coefficient (Wildman–Crippen LogP) is 2.72. The number of anilines is 1. The number of halogens is 2. The Labute approximate surface area is 125 Å². The van der Waals surface area contributed by atoms with E-state index in [0.29, 0.717) is 37.6 Å². The van der Waals surface area contributed by atoms with Gasteiger partial charge in [-0.2, -0.15) is 0 Å². The van der Waals surface area contributed by atoms with E-state index in [4.69, 9.17) is 10.5 Å². The Morgan fingerprint density at radius 2 is 2.05 bits per heavy atom. The summed E-state index contributed by atoms with van der Waals surface area (Å²) in [5.41, 5.74) is 6.55. The van der Waals surface area contributed by atoms with Crippen molar-refractivity contribution < 1.29 is 13.5 Å². The second kappa shape index (κ2) is 7.18. The van der Waals surface area contributed by atoms with E-state index in [9.17, 15) is 8.78 Å². The monoisotopic (exact) mass is 298 g/mol. The fourth-order valence-electron chi connectivity index (χ4n) is 2.89. The van der Waals surface area contributed by atoms with Crippen LogP contribution in [0.3, 0.4) is 0 Å². The molecule has 2 unspecified atom stereocenters. The van der Waals surface area contributed by atoms with Crippen molar-refractivity contribution >= 4 is 5.69 Å². The number of hydrogen-bond acceptors (Lipinski definition) is 3. The molecule has 3 nitrogen and oxygen atoms in total. The van der Waals surface area contributed by atoms with E-state index in [1.165, 1.54) is 12.1 Å². The molecule has 1 saturated heterocycles. The highest BCUT2D eigenvalue weighted by Crippen LogP contribution is 2.30. The zero-order chi connectivity index (χ0) is 15.4. The van der Waals surface area contributed by atoms with Crippen molar-refractivity contribution in [3.05, 3.63) is 29.3 Å². The third-order valence-corrected chi connectivity index (χ3v) is 4.10. The Balaban J connectivity index is 2.14. The van der Waals surface area contributed by atoms with Crippen LogP contribution in [0.1, 0.15) is 25.3 Å². The molecule has 1 fully saturated rings. The second-order valence-corrected chi connectivity index (χ2v) is 5.84. The lowest BCUT2D eigenvalue weighted by Crippen LogP contribution is -2.24. The van der Waals surface area contributed by atoms with Gasteiger partial charge in [-0.05, 0) is 37.0 Å². The molecule has 118 valence electrons. The quantitative estimate of drug-likeness (QED) is 0.877. The van der Waals surface area contributed by atoms with Crippen LogP contribution in [-0.4, -0.2) is 32.8 Å². The molecule has 5 heteroatoms. The molecule has 0 radical (unpaired) electrons. The van der Waals surface area contributed by atoms with Crippen LogP contribution in [0.5, 0.6) is 0 Å². The van der Waals surface area contributed by atoms with E-state index >= 15 is 0 Å². The highest BCUT2D eigenvalue weighted by Gasteiger charge is 2.27. The van der Waals surface area contributed by atoms with Crippen LogP contribution in [0.25, 0.3) is 0 Å². The first-order valence-electron chi connectivity index (χ1n) is 7.52. The van der Waals surface area contributed by atoms with Crippen LogP contribution in [0.15, 0.2) is 12.1 Å². The van der Waals surface area contributed by atoms with E-state index < -0.39 is 11.6 Å². The summed E-state index contributed by atoms with van der Waals surface area (Å²) in [5, 5.41) is 0. The number of hydrogen-bond donors (Lipinski definition) is 1. The van der Waals surface area contributed by atoms with Gasteiger partial charge in [-0.1, -0.05) is 6.92 Å². The fraction of sp³-hybridized carbons (Fsp3) is 0.625. The fourth-order valence-corrected chi connectivity index (χ4v) is 2.89. The van der Waals surface area contributed by atoms with Crippen LogP contribution in [0, 0.1) is 17.6 Å². The maximum Gasteiger partial charge on any atom is 0.149 e. The SMILES string of the molecule is CCC(N)Cc1cc(F)c(N2CCC(COC)C2)c(F)c1. The zero-order valence-electron chi connectivity index (χ0n) is 12.7. The van der Waals surface area contributed by atoms with Gasteiger partial charge in [0, 0.05) is 32.2 Å². The summed E-state index contributed by atoms with van der Waals surface area (Å²) >= 11 is 0. The van der Waals surface area contributed by atoms with Crippen LogP contribution in [0.4, 0.5) is 14.5 Å². The van der Waals surface area contributed by atoms with E-state index in [1.54, 1.807) is 12.0 Å². The lowest BCUT2D eigenvalue weighted by molar-refractivity contribution is 0.161. The molecule has 2 rings (SSSR count). The highest BCUT2D eigenvalue weighted by atomic mass is 19.1. The van der Waals surface area contributed by atoms with Crippen LogP contribution in [0.2, 0.25) is 0 Å². The first kappa shape index (κ1) is 16.2. The summed E-state index contributed by atoms with van der Waals surface area (Å²) in [4.78, 5) is 1.78. The topological polar surface area (TPSA) is 38.5 Å². The molecule has 0 spiro atoms. The summed E-state index contributed by atoms with van der Waals surface area (Å²) in [6.45, 7) is 3.89. The van der Waals surface area contributed by atoms with Gasteiger partial charge < -0.3 is 15.4 Å². The summed E-state index contributed by atoms with van der Waals surface area (Å²) < 4.78 is 33.7. The maximum atomic E-state index is 14.3. The van der Waals surface area contributed by atoms with Gasteiger partial charge in [0.15, 0.2) is 0 Å². The smallest absolute Gasteiger partial charge is 0.149 e. The number of nitrogens with two attached hydrogens (primary N) is 1. The maximum absolute atomic E-state index is 14.3. The normalized spacial score (nSPS) is 20.0. The van der Waals surface area contributed by atoms with Crippen molar-refractivity contribution in [1.82, 2.24) is 0 Å². The van der Waals surface area contributed by atoms with Crippen LogP contribution in [-0.2, 0) is 11.2 Å². The molecule has 1 aliphatic rings. The minimum absolute atomic E-state index is 0.0625. The van der Waals surface area contributed by atoms with E-state index in [2.05, 4.69) is 0 Å². The molecule has 0 amide bonds. The van der Waals surface area contributed by atoms with Crippen molar-refractivity contribution in [2.24, 2.45) is 11.7 Å². The number of rotatable bonds is 6. The molecule has 21 heavy (non-hydrogen) atoms. The second-order valence-electron chi connectivity index (χ2n) is 5.84. The molecule has 1 aliphatic heterocycles. The summed E-state index contributed by atoms with van der Waals surface area (Å²) in [6.07, 6.45) is 2.18. The Bertz CT molecular complexity index is 458. The van der Waals surface area contributed by atoms with Crippen LogP contribution < -0.4 is 10.6 Å². The highest BCUT2D eigenvalue weighted by molar-refractivity contribution is 5.51. The molecule has 2 atom stereocenters. The van der Waals surface area contributed by atoms with E-state index in [-0.39, 0.29) is 11.7 Å². The Hall–Kier alpha value is -1.20. The number of methoxy groups -OCH3 is 1. The van der Waals surface area contributed by atoms with Gasteiger partial charge in [0.2, 0.25) is 0 Å². The largest absolute Gasteiger partial charge is 0.384 e. The van der Waals surface area contributed by atoms with Crippen molar-refractivity contribution in [3.63, 3.8) is 0 Å². The van der Waals surface area contributed by atoms with Crippen molar-refractivity contribution in [2.75, 3.05) is 31.7 Å². The van der Waals surface area contributed by atoms with E-state index in [1.807, 2.05) is 6.92 Å². The molecule has 1 heterocycles. The van der Waals surface area contributed by atoms with Crippen LogP contribution >= 0.6 is 0 Å². The van der Waals surface area contributed by atoms with Gasteiger partial charge in [-0.15, -0.1) is 0 Å². The number of benzene rings is 1. The third-order valence-electron chi connectivity index (χ3n) is 4.10. The molecule has 0 aromatic heterocycles. The molecule has 0 saturated carbocycles. The average Bonchev–Trinajstić information content (AvgIpc) is 2.86. The first-order chi connectivity index (χ1) is 10.0. The number of nitrogens with zero attached hydrogens (tertiary/aromatic N) is 1. The molecular formula is C16H24F2N2O. The zero-order valence-corrected chi connectivity index (χ0v) is 12.7. The van der Waals surface area contributed by atoms with E-state index in [0.717, 1.165) is 12.8 Å². The first-order valence-corrected chi connectivity index (χ1v) is 7.52. The average molecular weight is 298 g/mol. The molecular weight excluding hydrogens is 274 g/mol. The van der Waals surface area contributed by atoms with Crippen molar-refractivity contribution in [1.29, 1.82) is 0 Å². The van der Waals surface area contributed by atoms with Gasteiger partial charge >= 0.3 is 0 Å². The molecule has 2 N–H and O–H groups in total. The molecule has 0 aliphatic carbocycles. The number of ether oxygens (including phenoxy) is 1. The third kappa shape index (κ3) is 3.92. The summed E-state index contributed by atoms with van der Waals surface area (Å²) in [7, 11) is 1.65. The molecule has 0 bridgehead atoms. The summed E-state index contributed by atoms with van der Waals surface area (Å²) in [6, 6.07) is 2.77. The van der Waals surface area contributed by atoms with Gasteiger partial charge in [0.25, 0.3) is 0 Å². The minimum Gasteiger partial charge on any atom is -0.384 e. The Morgan fingerprint density at radius 1 is 1.38 bits per heavy atom. The lowest BCUT2D eigenvalue weighted by Gasteiger charge is -2.21. The van der Waals surface area contributed by atoms with Crippen molar-refractivity contribution in [2.45, 2.75) is 32.2 Å². The van der Waals surface area contributed by atoms with Crippen molar-refractivity contribution in [3.8, 4) is 0 Å².